The number of carbonyl (C=O) groups is 2. The molecule has 0 saturated carbocycles. The van der Waals surface area contributed by atoms with Gasteiger partial charge in [-0.15, -0.1) is 11.8 Å². The maximum absolute atomic E-state index is 13.0. The number of alkyl halides is 3. The minimum Gasteiger partial charge on any atom is -0.368 e. The number of thioether (sulfide) groups is 1. The summed E-state index contributed by atoms with van der Waals surface area (Å²) in [5, 5.41) is 2.31. The fourth-order valence-corrected chi connectivity index (χ4v) is 4.84. The fourth-order valence-electron chi connectivity index (χ4n) is 3.64. The van der Waals surface area contributed by atoms with Gasteiger partial charge in [0.1, 0.15) is 0 Å². The Morgan fingerprint density at radius 1 is 1.03 bits per heavy atom. The van der Waals surface area contributed by atoms with Gasteiger partial charge < -0.3 is 15.1 Å². The van der Waals surface area contributed by atoms with E-state index in [-0.39, 0.29) is 18.2 Å². The van der Waals surface area contributed by atoms with Crippen LogP contribution in [0.5, 0.6) is 0 Å². The van der Waals surface area contributed by atoms with Crippen LogP contribution in [0, 0.1) is 0 Å². The Kier molecular flexibility index (Phi) is 5.64. The van der Waals surface area contributed by atoms with Gasteiger partial charge in [0.05, 0.1) is 16.5 Å². The first-order chi connectivity index (χ1) is 14.3. The Hall–Kier alpha value is -2.68. The summed E-state index contributed by atoms with van der Waals surface area (Å²) in [6.07, 6.45) is -4.30. The number of anilines is 2. The monoisotopic (exact) mass is 435 g/mol. The van der Waals surface area contributed by atoms with Gasteiger partial charge in [-0.2, -0.15) is 13.2 Å². The van der Waals surface area contributed by atoms with E-state index >= 15 is 0 Å². The number of halogens is 3. The maximum atomic E-state index is 13.0. The van der Waals surface area contributed by atoms with Crippen molar-refractivity contribution in [1.29, 1.82) is 0 Å². The summed E-state index contributed by atoms with van der Waals surface area (Å²) < 4.78 is 38.9. The van der Waals surface area contributed by atoms with Gasteiger partial charge >= 0.3 is 6.18 Å². The van der Waals surface area contributed by atoms with Crippen LogP contribution in [-0.2, 0) is 15.8 Å². The molecule has 2 amide bonds. The molecule has 0 radical (unpaired) electrons. The molecule has 2 heterocycles. The van der Waals surface area contributed by atoms with Crippen molar-refractivity contribution in [2.75, 3.05) is 36.4 Å². The van der Waals surface area contributed by atoms with Crippen molar-refractivity contribution in [2.24, 2.45) is 0 Å². The van der Waals surface area contributed by atoms with Crippen LogP contribution in [0.15, 0.2) is 53.4 Å². The second kappa shape index (κ2) is 8.22. The highest BCUT2D eigenvalue weighted by molar-refractivity contribution is 8.00. The van der Waals surface area contributed by atoms with Gasteiger partial charge in [-0.3, -0.25) is 9.59 Å². The molecular formula is C21H20F3N3O2S. The molecular weight excluding hydrogens is 415 g/mol. The van der Waals surface area contributed by atoms with Crippen LogP contribution >= 0.6 is 11.8 Å². The number of piperazine rings is 1. The molecule has 1 N–H and O–H groups in total. The fraction of sp³-hybridized carbons (Fsp3) is 0.333. The van der Waals surface area contributed by atoms with E-state index in [1.807, 2.05) is 23.1 Å². The summed E-state index contributed by atoms with van der Waals surface area (Å²) in [5.74, 6) is -0.316. The predicted molar refractivity (Wildman–Crippen MR) is 110 cm³/mol. The van der Waals surface area contributed by atoms with Gasteiger partial charge in [-0.25, -0.2) is 0 Å². The lowest BCUT2D eigenvalue weighted by Crippen LogP contribution is -2.51. The number of fused-ring (bicyclic) bond motifs is 1. The Bertz CT molecular complexity index is 959. The van der Waals surface area contributed by atoms with E-state index in [0.717, 1.165) is 17.0 Å². The van der Waals surface area contributed by atoms with Crippen LogP contribution in [0.3, 0.4) is 0 Å². The summed E-state index contributed by atoms with van der Waals surface area (Å²) in [6, 6.07) is 12.6. The van der Waals surface area contributed by atoms with Gasteiger partial charge in [0, 0.05) is 43.2 Å². The van der Waals surface area contributed by atoms with Crippen LogP contribution in [0.25, 0.3) is 0 Å². The van der Waals surface area contributed by atoms with E-state index in [2.05, 4.69) is 5.32 Å². The average Bonchev–Trinajstić information content (AvgIpc) is 2.91. The normalized spacial score (nSPS) is 19.7. The summed E-state index contributed by atoms with van der Waals surface area (Å²) >= 11 is 1.37. The van der Waals surface area contributed by atoms with E-state index in [4.69, 9.17) is 0 Å². The number of para-hydroxylation sites is 1. The molecule has 158 valence electrons. The Labute approximate surface area is 176 Å². The first-order valence-electron chi connectivity index (χ1n) is 9.58. The molecule has 2 aliphatic heterocycles. The smallest absolute Gasteiger partial charge is 0.368 e. The minimum absolute atomic E-state index is 0.0893. The number of nitrogens with one attached hydrogen (secondary N) is 1. The van der Waals surface area contributed by atoms with E-state index in [1.54, 1.807) is 17.0 Å². The summed E-state index contributed by atoms with van der Waals surface area (Å²) in [5.41, 5.74) is 0.518. The number of rotatable bonds is 2. The van der Waals surface area contributed by atoms with E-state index in [1.165, 1.54) is 17.8 Å². The molecule has 0 aromatic heterocycles. The molecule has 1 saturated heterocycles. The maximum Gasteiger partial charge on any atom is 0.416 e. The van der Waals surface area contributed by atoms with E-state index in [0.29, 0.717) is 37.6 Å². The molecule has 1 atom stereocenters. The molecule has 9 heteroatoms. The predicted octanol–water partition coefficient (Wildman–Crippen LogP) is 3.86. The molecule has 1 unspecified atom stereocenters. The first kappa shape index (κ1) is 20.6. The molecule has 0 spiro atoms. The van der Waals surface area contributed by atoms with E-state index < -0.39 is 17.0 Å². The lowest BCUT2D eigenvalue weighted by Gasteiger charge is -2.37. The SMILES string of the molecule is O=C1CC(C(=O)N2CCN(c3cccc(C(F)(F)F)c3)CC2)Sc2ccccc2N1. The van der Waals surface area contributed by atoms with Crippen LogP contribution in [0.1, 0.15) is 12.0 Å². The molecule has 5 nitrogen and oxygen atoms in total. The van der Waals surface area contributed by atoms with Gasteiger partial charge in [0.25, 0.3) is 0 Å². The molecule has 2 aliphatic rings. The topological polar surface area (TPSA) is 52.7 Å². The summed E-state index contributed by atoms with van der Waals surface area (Å²) in [6.45, 7) is 1.67. The largest absolute Gasteiger partial charge is 0.416 e. The van der Waals surface area contributed by atoms with E-state index in [9.17, 15) is 22.8 Å². The third-order valence-electron chi connectivity index (χ3n) is 5.21. The lowest BCUT2D eigenvalue weighted by atomic mass is 10.1. The number of hydrogen-bond donors (Lipinski definition) is 1. The van der Waals surface area contributed by atoms with Crippen molar-refractivity contribution >= 4 is 35.0 Å². The van der Waals surface area contributed by atoms with Crippen LogP contribution < -0.4 is 10.2 Å². The van der Waals surface area contributed by atoms with Crippen LogP contribution in [0.2, 0.25) is 0 Å². The van der Waals surface area contributed by atoms with Gasteiger partial charge in [-0.05, 0) is 30.3 Å². The highest BCUT2D eigenvalue weighted by atomic mass is 32.2. The second-order valence-electron chi connectivity index (χ2n) is 7.22. The van der Waals surface area contributed by atoms with Crippen LogP contribution in [-0.4, -0.2) is 48.1 Å². The summed E-state index contributed by atoms with van der Waals surface area (Å²) in [4.78, 5) is 29.6. The summed E-state index contributed by atoms with van der Waals surface area (Å²) in [7, 11) is 0. The number of benzene rings is 2. The highest BCUT2D eigenvalue weighted by Gasteiger charge is 2.34. The quantitative estimate of drug-likeness (QED) is 0.779. The standard InChI is InChI=1S/C21H20F3N3O2S/c22-21(23,24)14-4-3-5-15(12-14)26-8-10-27(11-9-26)20(29)18-13-19(28)25-16-6-1-2-7-17(16)30-18/h1-7,12,18H,8-11,13H2,(H,25,28). The zero-order valence-corrected chi connectivity index (χ0v) is 16.8. The van der Waals surface area contributed by atoms with Crippen molar-refractivity contribution in [2.45, 2.75) is 22.7 Å². The number of amides is 2. The highest BCUT2D eigenvalue weighted by Crippen LogP contribution is 2.36. The zero-order valence-electron chi connectivity index (χ0n) is 16.0. The Morgan fingerprint density at radius 3 is 2.50 bits per heavy atom. The lowest BCUT2D eigenvalue weighted by molar-refractivity contribution is -0.137. The molecule has 2 aromatic carbocycles. The van der Waals surface area contributed by atoms with Gasteiger partial charge in [-0.1, -0.05) is 18.2 Å². The zero-order chi connectivity index (χ0) is 21.3. The van der Waals surface area contributed by atoms with Crippen molar-refractivity contribution in [1.82, 2.24) is 4.90 Å². The second-order valence-corrected chi connectivity index (χ2v) is 8.46. The van der Waals surface area contributed by atoms with Crippen LogP contribution in [0.4, 0.5) is 24.5 Å². The Balaban J connectivity index is 1.42. The van der Waals surface area contributed by atoms with Crippen molar-refractivity contribution in [3.8, 4) is 0 Å². The first-order valence-corrected chi connectivity index (χ1v) is 10.5. The van der Waals surface area contributed by atoms with Crippen molar-refractivity contribution < 1.29 is 22.8 Å². The number of carbonyl (C=O) groups excluding carboxylic acids is 2. The van der Waals surface area contributed by atoms with Gasteiger partial charge in [0.2, 0.25) is 11.8 Å². The molecule has 0 aliphatic carbocycles. The molecule has 1 fully saturated rings. The minimum atomic E-state index is -4.39. The third kappa shape index (κ3) is 4.40. The third-order valence-corrected chi connectivity index (χ3v) is 6.47. The number of nitrogens with zero attached hydrogens (tertiary/aromatic N) is 2. The Morgan fingerprint density at radius 2 is 1.77 bits per heavy atom. The van der Waals surface area contributed by atoms with Crippen molar-refractivity contribution in [3.05, 3.63) is 54.1 Å². The molecule has 0 bridgehead atoms. The average molecular weight is 435 g/mol. The molecule has 2 aromatic rings. The number of hydrogen-bond acceptors (Lipinski definition) is 4. The van der Waals surface area contributed by atoms with Crippen molar-refractivity contribution in [3.63, 3.8) is 0 Å². The van der Waals surface area contributed by atoms with Gasteiger partial charge in [0.15, 0.2) is 0 Å². The molecule has 4 rings (SSSR count). The molecule has 30 heavy (non-hydrogen) atoms.